The third kappa shape index (κ3) is 3.09. The highest BCUT2D eigenvalue weighted by molar-refractivity contribution is 7.13. The molecule has 11 heteroatoms. The van der Waals surface area contributed by atoms with E-state index < -0.39 is 17.0 Å². The van der Waals surface area contributed by atoms with Crippen LogP contribution in [-0.2, 0) is 10.2 Å². The number of methoxy groups -OCH3 is 1. The molecule has 3 fully saturated rings. The van der Waals surface area contributed by atoms with Gasteiger partial charge in [0.25, 0.3) is 5.19 Å². The van der Waals surface area contributed by atoms with Crippen molar-refractivity contribution in [3.63, 3.8) is 0 Å². The molecule has 7 nitrogen and oxygen atoms in total. The molecule has 0 saturated heterocycles. The molecule has 1 atom stereocenters. The molecule has 34 heavy (non-hydrogen) atoms. The van der Waals surface area contributed by atoms with Crippen LogP contribution in [0.1, 0.15) is 59.6 Å². The van der Waals surface area contributed by atoms with Gasteiger partial charge in [-0.05, 0) is 51.2 Å². The van der Waals surface area contributed by atoms with Crippen molar-refractivity contribution in [2.24, 2.45) is 5.41 Å². The molecule has 3 aromatic heterocycles. The fraction of sp³-hybridized carbons (Fsp3) is 0.522. The second-order valence-electron chi connectivity index (χ2n) is 9.52. The predicted octanol–water partition coefficient (Wildman–Crippen LogP) is 5.03. The molecule has 3 aliphatic carbocycles. The number of aromatic nitrogens is 5. The van der Waals surface area contributed by atoms with Crippen molar-refractivity contribution in [3.05, 3.63) is 40.1 Å². The van der Waals surface area contributed by atoms with E-state index >= 15 is 0 Å². The van der Waals surface area contributed by atoms with E-state index in [0.717, 1.165) is 21.8 Å². The Hall–Kier alpha value is -2.66. The van der Waals surface area contributed by atoms with Crippen LogP contribution >= 0.6 is 11.3 Å². The van der Waals surface area contributed by atoms with Gasteiger partial charge in [-0.2, -0.15) is 13.2 Å². The van der Waals surface area contributed by atoms with Crippen LogP contribution in [-0.4, -0.2) is 44.8 Å². The fourth-order valence-corrected chi connectivity index (χ4v) is 6.17. The van der Waals surface area contributed by atoms with Crippen LogP contribution in [0.15, 0.2) is 12.3 Å². The fourth-order valence-electron chi connectivity index (χ4n) is 5.42. The molecule has 0 spiro atoms. The summed E-state index contributed by atoms with van der Waals surface area (Å²) >= 11 is 1.40. The smallest absolute Gasteiger partial charge is 0.394 e. The SMILES string of the molecule is COc1ncc(C2C=C(c3nc(C45CC(C(F)(F)F)(C4)C5)c4nc(C)c(C)nc4n3)CCO2)s1. The third-order valence-electron chi connectivity index (χ3n) is 7.34. The lowest BCUT2D eigenvalue weighted by Gasteiger charge is -2.70. The number of halogens is 3. The van der Waals surface area contributed by atoms with E-state index in [4.69, 9.17) is 19.4 Å². The summed E-state index contributed by atoms with van der Waals surface area (Å²) in [5.41, 5.74) is 1.69. The van der Waals surface area contributed by atoms with Crippen LogP contribution in [0.3, 0.4) is 0 Å². The summed E-state index contributed by atoms with van der Waals surface area (Å²) in [5, 5.41) is 0.548. The van der Waals surface area contributed by atoms with Gasteiger partial charge in [-0.25, -0.2) is 24.9 Å². The van der Waals surface area contributed by atoms with Crippen molar-refractivity contribution < 1.29 is 22.6 Å². The first-order chi connectivity index (χ1) is 16.1. The molecule has 1 aliphatic heterocycles. The number of hydrogen-bond acceptors (Lipinski definition) is 8. The molecule has 7 rings (SSSR count). The maximum Gasteiger partial charge on any atom is 0.394 e. The Morgan fingerprint density at radius 3 is 2.50 bits per heavy atom. The van der Waals surface area contributed by atoms with E-state index in [1.54, 1.807) is 13.3 Å². The first kappa shape index (κ1) is 21.8. The van der Waals surface area contributed by atoms with Gasteiger partial charge in [0.1, 0.15) is 11.6 Å². The average Bonchev–Trinajstić information content (AvgIpc) is 3.21. The van der Waals surface area contributed by atoms with Gasteiger partial charge in [0, 0.05) is 11.6 Å². The lowest BCUT2D eigenvalue weighted by atomic mass is 9.34. The van der Waals surface area contributed by atoms with Gasteiger partial charge < -0.3 is 9.47 Å². The Bertz CT molecular complexity index is 1330. The number of thiazole rings is 1. The van der Waals surface area contributed by atoms with Gasteiger partial charge >= 0.3 is 6.18 Å². The summed E-state index contributed by atoms with van der Waals surface area (Å²) < 4.78 is 51.7. The van der Waals surface area contributed by atoms with E-state index in [-0.39, 0.29) is 25.4 Å². The molecule has 3 aromatic rings. The second kappa shape index (κ2) is 7.17. The minimum Gasteiger partial charge on any atom is -0.473 e. The average molecular weight is 490 g/mol. The second-order valence-corrected chi connectivity index (χ2v) is 10.5. The van der Waals surface area contributed by atoms with Gasteiger partial charge in [0.15, 0.2) is 11.5 Å². The van der Waals surface area contributed by atoms with Crippen molar-refractivity contribution in [3.8, 4) is 5.19 Å². The maximum absolute atomic E-state index is 13.5. The number of aryl methyl sites for hydroxylation is 2. The summed E-state index contributed by atoms with van der Waals surface area (Å²) in [6.45, 7) is 4.16. The van der Waals surface area contributed by atoms with E-state index in [2.05, 4.69) is 15.0 Å². The normalized spacial score (nSPS) is 28.3. The summed E-state index contributed by atoms with van der Waals surface area (Å²) in [6.07, 6.45) is -0.0905. The lowest BCUT2D eigenvalue weighted by Crippen LogP contribution is -2.70. The van der Waals surface area contributed by atoms with Gasteiger partial charge in [0.2, 0.25) is 0 Å². The number of nitrogens with zero attached hydrogens (tertiary/aromatic N) is 5. The van der Waals surface area contributed by atoms with Crippen LogP contribution in [0, 0.1) is 19.3 Å². The van der Waals surface area contributed by atoms with Crippen LogP contribution in [0.4, 0.5) is 13.2 Å². The van der Waals surface area contributed by atoms with Gasteiger partial charge in [-0.1, -0.05) is 11.3 Å². The Morgan fingerprint density at radius 2 is 1.82 bits per heavy atom. The van der Waals surface area contributed by atoms with E-state index in [1.165, 1.54) is 11.3 Å². The van der Waals surface area contributed by atoms with Gasteiger partial charge in [-0.15, -0.1) is 0 Å². The number of hydrogen-bond donors (Lipinski definition) is 0. The van der Waals surface area contributed by atoms with E-state index in [9.17, 15) is 13.2 Å². The van der Waals surface area contributed by atoms with Crippen LogP contribution in [0.2, 0.25) is 0 Å². The van der Waals surface area contributed by atoms with Crippen molar-refractivity contribution >= 4 is 28.1 Å². The minimum atomic E-state index is -4.19. The predicted molar refractivity (Wildman–Crippen MR) is 119 cm³/mol. The molecular formula is C23H22F3N5O2S. The molecule has 3 saturated carbocycles. The van der Waals surface area contributed by atoms with E-state index in [1.807, 2.05) is 19.9 Å². The highest BCUT2D eigenvalue weighted by atomic mass is 32.1. The standard InChI is InChI=1S/C23H22F3N5O2S/c1-11-12(2)29-19-16(28-11)17(21-8-22(9-21,10-21)23(24,25)26)30-18(31-19)13-4-5-33-14(6-13)15-7-27-20(32-3)34-15/h6-7,14H,4-5,8-10H2,1-3H3. The molecule has 4 heterocycles. The van der Waals surface area contributed by atoms with Gasteiger partial charge in [-0.3, -0.25) is 0 Å². The first-order valence-electron chi connectivity index (χ1n) is 11.1. The monoisotopic (exact) mass is 489 g/mol. The molecule has 4 aliphatic rings. The zero-order valence-electron chi connectivity index (χ0n) is 18.9. The van der Waals surface area contributed by atoms with Crippen molar-refractivity contribution in [2.45, 2.75) is 57.2 Å². The Morgan fingerprint density at radius 1 is 1.09 bits per heavy atom. The van der Waals surface area contributed by atoms with Crippen LogP contribution in [0.25, 0.3) is 16.7 Å². The molecule has 0 N–H and O–H groups in total. The van der Waals surface area contributed by atoms with Crippen molar-refractivity contribution in [1.29, 1.82) is 0 Å². The summed E-state index contributed by atoms with van der Waals surface area (Å²) in [4.78, 5) is 23.9. The number of rotatable bonds is 4. The van der Waals surface area contributed by atoms with Crippen LogP contribution in [0.5, 0.6) is 5.19 Å². The number of ether oxygens (including phenoxy) is 2. The Kier molecular flexibility index (Phi) is 4.61. The Labute approximate surface area is 197 Å². The largest absolute Gasteiger partial charge is 0.473 e. The zero-order chi connectivity index (χ0) is 23.9. The quantitative estimate of drug-likeness (QED) is 0.508. The minimum absolute atomic E-state index is 0.0507. The zero-order valence-corrected chi connectivity index (χ0v) is 19.7. The lowest BCUT2D eigenvalue weighted by molar-refractivity contribution is -0.337. The molecule has 1 unspecified atom stereocenters. The molecule has 2 bridgehead atoms. The highest BCUT2D eigenvalue weighted by Gasteiger charge is 2.79. The third-order valence-corrected chi connectivity index (χ3v) is 8.36. The first-order valence-corrected chi connectivity index (χ1v) is 11.9. The molecule has 0 radical (unpaired) electrons. The summed E-state index contributed by atoms with van der Waals surface area (Å²) in [7, 11) is 1.56. The molecular weight excluding hydrogens is 467 g/mol. The van der Waals surface area contributed by atoms with Crippen LogP contribution < -0.4 is 4.74 Å². The summed E-state index contributed by atoms with van der Waals surface area (Å²) in [6, 6.07) is 0. The Balaban J connectivity index is 1.43. The van der Waals surface area contributed by atoms with Gasteiger partial charge in [0.05, 0.1) is 41.1 Å². The maximum atomic E-state index is 13.5. The van der Waals surface area contributed by atoms with Crippen molar-refractivity contribution in [1.82, 2.24) is 24.9 Å². The summed E-state index contributed by atoms with van der Waals surface area (Å²) in [5.74, 6) is 0.482. The molecule has 0 amide bonds. The molecule has 0 aromatic carbocycles. The van der Waals surface area contributed by atoms with Crippen molar-refractivity contribution in [2.75, 3.05) is 13.7 Å². The number of fused-ring (bicyclic) bond motifs is 1. The highest BCUT2D eigenvalue weighted by Crippen LogP contribution is 2.78. The van der Waals surface area contributed by atoms with E-state index in [0.29, 0.717) is 40.9 Å². The molecule has 178 valence electrons. The number of alkyl halides is 3. The topological polar surface area (TPSA) is 82.9 Å².